The van der Waals surface area contributed by atoms with Gasteiger partial charge in [-0.1, -0.05) is 0 Å². The molecule has 1 unspecified atom stereocenters. The number of alkyl halides is 3. The molecule has 0 N–H and O–H groups in total. The molecule has 1 aliphatic heterocycles. The van der Waals surface area contributed by atoms with Crippen LogP contribution in [0.15, 0.2) is 12.4 Å². The molecule has 8 nitrogen and oxygen atoms in total. The van der Waals surface area contributed by atoms with E-state index in [1.54, 1.807) is 0 Å². The van der Waals surface area contributed by atoms with Gasteiger partial charge in [-0.3, -0.25) is 0 Å². The summed E-state index contributed by atoms with van der Waals surface area (Å²) in [6.45, 7) is 1.42. The van der Waals surface area contributed by atoms with Gasteiger partial charge >= 0.3 is 12.3 Å². The van der Waals surface area contributed by atoms with E-state index in [-0.39, 0.29) is 29.9 Å². The van der Waals surface area contributed by atoms with Crippen LogP contribution in [-0.4, -0.2) is 64.6 Å². The third-order valence-corrected chi connectivity index (χ3v) is 5.49. The average molecular weight is 442 g/mol. The molecule has 11 heteroatoms. The number of carbonyl (C=O) groups excluding carboxylic acids is 1. The van der Waals surface area contributed by atoms with E-state index >= 15 is 0 Å². The van der Waals surface area contributed by atoms with Crippen molar-refractivity contribution in [1.29, 1.82) is 5.26 Å². The first-order chi connectivity index (χ1) is 14.8. The second kappa shape index (κ2) is 10.1. The van der Waals surface area contributed by atoms with Crippen molar-refractivity contribution in [2.45, 2.75) is 76.0 Å². The fourth-order valence-electron chi connectivity index (χ4n) is 3.67. The van der Waals surface area contributed by atoms with Crippen LogP contribution in [0, 0.1) is 11.3 Å². The van der Waals surface area contributed by atoms with Crippen molar-refractivity contribution < 1.29 is 32.2 Å². The highest BCUT2D eigenvalue weighted by molar-refractivity contribution is 5.68. The molecule has 3 rings (SSSR count). The lowest BCUT2D eigenvalue weighted by molar-refractivity contribution is -0.200. The quantitative estimate of drug-likeness (QED) is 0.687. The molecule has 1 atom stereocenters. The Bertz CT molecular complexity index is 785. The van der Waals surface area contributed by atoms with Gasteiger partial charge in [-0.15, -0.1) is 0 Å². The van der Waals surface area contributed by atoms with Gasteiger partial charge in [-0.25, -0.2) is 14.8 Å². The molecular formula is C20H25F3N4O4. The lowest BCUT2D eigenvalue weighted by Crippen LogP contribution is -2.44. The van der Waals surface area contributed by atoms with Gasteiger partial charge in [-0.2, -0.15) is 18.4 Å². The summed E-state index contributed by atoms with van der Waals surface area (Å²) in [5.41, 5.74) is 0.163. The monoisotopic (exact) mass is 442 g/mol. The number of nitrogens with zero attached hydrogens (tertiary/aromatic N) is 4. The summed E-state index contributed by atoms with van der Waals surface area (Å²) in [6.07, 6.45) is -0.556. The summed E-state index contributed by atoms with van der Waals surface area (Å²) in [7, 11) is 0. The van der Waals surface area contributed by atoms with Crippen LogP contribution in [-0.2, 0) is 9.47 Å². The van der Waals surface area contributed by atoms with Crippen LogP contribution >= 0.6 is 0 Å². The number of carbonyl (C=O) groups is 1. The van der Waals surface area contributed by atoms with Gasteiger partial charge in [-0.05, 0) is 45.4 Å². The van der Waals surface area contributed by atoms with Gasteiger partial charge < -0.3 is 19.1 Å². The zero-order valence-corrected chi connectivity index (χ0v) is 17.2. The smallest absolute Gasteiger partial charge is 0.425 e. The molecule has 0 bridgehead atoms. The number of nitriles is 1. The fourth-order valence-corrected chi connectivity index (χ4v) is 3.67. The molecular weight excluding hydrogens is 417 g/mol. The van der Waals surface area contributed by atoms with Crippen molar-refractivity contribution in [3.63, 3.8) is 0 Å². The number of hydrogen-bond donors (Lipinski definition) is 0. The molecule has 0 spiro atoms. The predicted molar refractivity (Wildman–Crippen MR) is 101 cm³/mol. The average Bonchev–Trinajstić information content (AvgIpc) is 2.75. The number of hydrogen-bond acceptors (Lipinski definition) is 7. The first kappa shape index (κ1) is 23.1. The standard InChI is InChI=1S/C20H25F3N4O4/c1-13(20(21,22)23)29-19(28)27-10-6-16(7-11-27)30-14-2-4-15(5-3-14)31-18-17(12-24)25-8-9-26-18/h8-9,13-16H,2-7,10-11H2,1H3/t13?,14-,15-. The molecule has 31 heavy (non-hydrogen) atoms. The normalized spacial score (nSPS) is 23.6. The highest BCUT2D eigenvalue weighted by Crippen LogP contribution is 2.28. The van der Waals surface area contributed by atoms with E-state index in [2.05, 4.69) is 14.7 Å². The Balaban J connectivity index is 1.37. The number of aromatic nitrogens is 2. The highest BCUT2D eigenvalue weighted by Gasteiger charge is 2.40. The number of halogens is 3. The van der Waals surface area contributed by atoms with Crippen molar-refractivity contribution in [2.24, 2.45) is 0 Å². The molecule has 1 saturated heterocycles. The van der Waals surface area contributed by atoms with E-state index in [4.69, 9.17) is 14.7 Å². The third-order valence-electron chi connectivity index (χ3n) is 5.49. The summed E-state index contributed by atoms with van der Waals surface area (Å²) < 4.78 is 54.1. The molecule has 1 aromatic heterocycles. The molecule has 1 aliphatic carbocycles. The molecule has 0 radical (unpaired) electrons. The van der Waals surface area contributed by atoms with E-state index in [0.717, 1.165) is 32.6 Å². The summed E-state index contributed by atoms with van der Waals surface area (Å²) in [5.74, 6) is 0.244. The number of piperidine rings is 1. The molecule has 2 aliphatic rings. The molecule has 2 fully saturated rings. The van der Waals surface area contributed by atoms with Crippen molar-refractivity contribution in [1.82, 2.24) is 14.9 Å². The Labute approximate surface area is 178 Å². The van der Waals surface area contributed by atoms with Crippen LogP contribution in [0.25, 0.3) is 0 Å². The van der Waals surface area contributed by atoms with Gasteiger partial charge in [0.25, 0.3) is 5.88 Å². The van der Waals surface area contributed by atoms with Gasteiger partial charge in [0.1, 0.15) is 12.2 Å². The lowest BCUT2D eigenvalue weighted by atomic mass is 9.94. The predicted octanol–water partition coefficient (Wildman–Crippen LogP) is 3.61. The van der Waals surface area contributed by atoms with E-state index in [9.17, 15) is 18.0 Å². The van der Waals surface area contributed by atoms with Crippen LogP contribution in [0.1, 0.15) is 51.1 Å². The topological polar surface area (TPSA) is 97.6 Å². The molecule has 1 amide bonds. The first-order valence-electron chi connectivity index (χ1n) is 10.3. The van der Waals surface area contributed by atoms with E-state index in [1.165, 1.54) is 17.3 Å². The van der Waals surface area contributed by atoms with Gasteiger partial charge in [0, 0.05) is 25.5 Å². The molecule has 1 aromatic rings. The number of amides is 1. The largest absolute Gasteiger partial charge is 0.472 e. The number of likely N-dealkylation sites (tertiary alicyclic amines) is 1. The second-order valence-electron chi connectivity index (χ2n) is 7.73. The van der Waals surface area contributed by atoms with Crippen LogP contribution in [0.5, 0.6) is 5.88 Å². The molecule has 1 saturated carbocycles. The maximum Gasteiger partial charge on any atom is 0.425 e. The highest BCUT2D eigenvalue weighted by atomic mass is 19.4. The maximum atomic E-state index is 12.5. The van der Waals surface area contributed by atoms with E-state index < -0.39 is 18.4 Å². The summed E-state index contributed by atoms with van der Waals surface area (Å²) >= 11 is 0. The molecule has 2 heterocycles. The van der Waals surface area contributed by atoms with E-state index in [0.29, 0.717) is 25.9 Å². The Kier molecular flexibility index (Phi) is 7.54. The lowest BCUT2D eigenvalue weighted by Gasteiger charge is -2.36. The minimum atomic E-state index is -4.57. The van der Waals surface area contributed by atoms with Crippen LogP contribution in [0.4, 0.5) is 18.0 Å². The van der Waals surface area contributed by atoms with Crippen molar-refractivity contribution in [2.75, 3.05) is 13.1 Å². The van der Waals surface area contributed by atoms with E-state index in [1.807, 2.05) is 6.07 Å². The van der Waals surface area contributed by atoms with Gasteiger partial charge in [0.05, 0.1) is 12.2 Å². The van der Waals surface area contributed by atoms with Gasteiger partial charge in [0.15, 0.2) is 6.10 Å². The summed E-state index contributed by atoms with van der Waals surface area (Å²) in [4.78, 5) is 21.2. The zero-order chi connectivity index (χ0) is 22.4. The fraction of sp³-hybridized carbons (Fsp3) is 0.700. The summed E-state index contributed by atoms with van der Waals surface area (Å²) in [6, 6.07) is 1.96. The minimum Gasteiger partial charge on any atom is -0.472 e. The molecule has 0 aromatic carbocycles. The number of rotatable bonds is 5. The van der Waals surface area contributed by atoms with Crippen LogP contribution in [0.3, 0.4) is 0 Å². The second-order valence-corrected chi connectivity index (χ2v) is 7.73. The minimum absolute atomic E-state index is 0.0447. The Morgan fingerprint density at radius 1 is 1.10 bits per heavy atom. The Morgan fingerprint density at radius 3 is 2.29 bits per heavy atom. The third kappa shape index (κ3) is 6.43. The Morgan fingerprint density at radius 2 is 1.68 bits per heavy atom. The van der Waals surface area contributed by atoms with Gasteiger partial charge in [0.2, 0.25) is 5.69 Å². The van der Waals surface area contributed by atoms with Crippen LogP contribution in [0.2, 0.25) is 0 Å². The number of ether oxygens (including phenoxy) is 3. The van der Waals surface area contributed by atoms with Crippen molar-refractivity contribution >= 4 is 6.09 Å². The van der Waals surface area contributed by atoms with Crippen molar-refractivity contribution in [3.8, 4) is 11.9 Å². The SMILES string of the molecule is CC(OC(=O)N1CCC(O[C@H]2CC[C@H](Oc3nccnc3C#N)CC2)CC1)C(F)(F)F. The Hall–Kier alpha value is -2.61. The summed E-state index contributed by atoms with van der Waals surface area (Å²) in [5, 5.41) is 9.07. The molecule has 170 valence electrons. The van der Waals surface area contributed by atoms with Crippen LogP contribution < -0.4 is 4.74 Å². The maximum absolute atomic E-state index is 12.5. The first-order valence-corrected chi connectivity index (χ1v) is 10.3. The van der Waals surface area contributed by atoms with Crippen molar-refractivity contribution in [3.05, 3.63) is 18.1 Å². The zero-order valence-electron chi connectivity index (χ0n) is 17.2.